The minimum Gasteiger partial charge on any atom is -0.508 e. The van der Waals surface area contributed by atoms with Gasteiger partial charge >= 0.3 is 6.03 Å². The SMILES string of the molecule is Cc1c(Cl)cccc1N1C(=O)NC(=O)/C(=C\c2cc(C)n(-c3ccc(O)cc3)c2C)C1=O. The van der Waals surface area contributed by atoms with Crippen LogP contribution in [0.4, 0.5) is 10.5 Å². The number of urea groups is 1. The summed E-state index contributed by atoms with van der Waals surface area (Å²) < 4.78 is 1.95. The van der Waals surface area contributed by atoms with E-state index in [1.54, 1.807) is 49.4 Å². The van der Waals surface area contributed by atoms with Crippen molar-refractivity contribution in [1.82, 2.24) is 9.88 Å². The van der Waals surface area contributed by atoms with Crippen LogP contribution >= 0.6 is 11.6 Å². The second kappa shape index (κ2) is 8.01. The number of nitrogens with one attached hydrogen (secondary N) is 1. The molecule has 4 amide bonds. The van der Waals surface area contributed by atoms with E-state index >= 15 is 0 Å². The van der Waals surface area contributed by atoms with E-state index in [0.29, 0.717) is 21.8 Å². The number of halogens is 1. The molecule has 4 rings (SSSR count). The largest absolute Gasteiger partial charge is 0.508 e. The molecule has 32 heavy (non-hydrogen) atoms. The Morgan fingerprint density at radius 3 is 2.38 bits per heavy atom. The van der Waals surface area contributed by atoms with E-state index in [-0.39, 0.29) is 11.3 Å². The molecule has 1 fully saturated rings. The summed E-state index contributed by atoms with van der Waals surface area (Å²) in [4.78, 5) is 39.2. The Labute approximate surface area is 189 Å². The first kappa shape index (κ1) is 21.4. The molecule has 0 bridgehead atoms. The molecule has 2 aromatic carbocycles. The molecular formula is C24H20ClN3O4. The van der Waals surface area contributed by atoms with Gasteiger partial charge in [-0.05, 0) is 80.4 Å². The van der Waals surface area contributed by atoms with Crippen LogP contribution in [0, 0.1) is 20.8 Å². The highest BCUT2D eigenvalue weighted by Gasteiger charge is 2.37. The van der Waals surface area contributed by atoms with E-state index in [9.17, 15) is 19.5 Å². The van der Waals surface area contributed by atoms with Crippen LogP contribution in [0.3, 0.4) is 0 Å². The zero-order valence-corrected chi connectivity index (χ0v) is 18.4. The molecule has 1 aromatic heterocycles. The van der Waals surface area contributed by atoms with Crippen molar-refractivity contribution in [3.63, 3.8) is 0 Å². The van der Waals surface area contributed by atoms with Crippen molar-refractivity contribution in [1.29, 1.82) is 0 Å². The molecule has 0 unspecified atom stereocenters. The van der Waals surface area contributed by atoms with Crippen LogP contribution < -0.4 is 10.2 Å². The first-order chi connectivity index (χ1) is 15.2. The predicted octanol–water partition coefficient (Wildman–Crippen LogP) is 4.43. The smallest absolute Gasteiger partial charge is 0.335 e. The van der Waals surface area contributed by atoms with E-state index in [1.165, 1.54) is 6.08 Å². The molecule has 0 saturated carbocycles. The number of rotatable bonds is 3. The molecule has 1 aliphatic heterocycles. The van der Waals surface area contributed by atoms with Gasteiger partial charge in [-0.1, -0.05) is 17.7 Å². The normalized spacial score (nSPS) is 15.4. The van der Waals surface area contributed by atoms with Crippen LogP contribution in [0.2, 0.25) is 5.02 Å². The Balaban J connectivity index is 1.78. The van der Waals surface area contributed by atoms with Crippen molar-refractivity contribution < 1.29 is 19.5 Å². The highest BCUT2D eigenvalue weighted by molar-refractivity contribution is 6.40. The number of hydrogen-bond donors (Lipinski definition) is 2. The molecule has 0 aliphatic carbocycles. The minimum atomic E-state index is -0.822. The summed E-state index contributed by atoms with van der Waals surface area (Å²) in [5, 5.41) is 12.2. The lowest BCUT2D eigenvalue weighted by Gasteiger charge is -2.27. The van der Waals surface area contributed by atoms with Gasteiger partial charge in [-0.25, -0.2) is 9.69 Å². The topological polar surface area (TPSA) is 91.6 Å². The number of anilines is 1. The summed E-state index contributed by atoms with van der Waals surface area (Å²) in [5.41, 5.74) is 3.87. The highest BCUT2D eigenvalue weighted by atomic mass is 35.5. The number of hydrogen-bond acceptors (Lipinski definition) is 4. The fraction of sp³-hybridized carbons (Fsp3) is 0.125. The first-order valence-corrected chi connectivity index (χ1v) is 10.2. The maximum Gasteiger partial charge on any atom is 0.335 e. The molecule has 2 heterocycles. The van der Waals surface area contributed by atoms with Gasteiger partial charge in [0.05, 0.1) is 5.69 Å². The molecular weight excluding hydrogens is 430 g/mol. The number of carbonyl (C=O) groups is 3. The maximum absolute atomic E-state index is 13.2. The molecule has 0 spiro atoms. The third-order valence-electron chi connectivity index (χ3n) is 5.46. The molecule has 1 aliphatic rings. The fourth-order valence-corrected chi connectivity index (χ4v) is 3.97. The van der Waals surface area contributed by atoms with Crippen LogP contribution in [0.15, 0.2) is 54.1 Å². The Morgan fingerprint density at radius 2 is 1.69 bits per heavy atom. The average molecular weight is 450 g/mol. The second-order valence-corrected chi connectivity index (χ2v) is 7.93. The standard InChI is InChI=1S/C24H20ClN3O4/c1-13-11-16(15(3)27(13)17-7-9-18(29)10-8-17)12-19-22(30)26-24(32)28(23(19)31)21-6-4-5-20(25)14(21)2/h4-12,29H,1-3H3,(H,26,30,32)/b19-12+. The van der Waals surface area contributed by atoms with Crippen LogP contribution in [0.25, 0.3) is 11.8 Å². The summed E-state index contributed by atoms with van der Waals surface area (Å²) >= 11 is 6.16. The van der Waals surface area contributed by atoms with E-state index in [0.717, 1.165) is 22.0 Å². The maximum atomic E-state index is 13.2. The Morgan fingerprint density at radius 1 is 1.00 bits per heavy atom. The van der Waals surface area contributed by atoms with Crippen LogP contribution in [0.5, 0.6) is 5.75 Å². The number of imide groups is 2. The van der Waals surface area contributed by atoms with E-state index in [4.69, 9.17) is 11.6 Å². The van der Waals surface area contributed by atoms with E-state index in [1.807, 2.05) is 24.5 Å². The molecule has 3 aromatic rings. The van der Waals surface area contributed by atoms with Crippen molar-refractivity contribution >= 4 is 41.2 Å². The second-order valence-electron chi connectivity index (χ2n) is 7.52. The van der Waals surface area contributed by atoms with Crippen molar-refractivity contribution in [2.24, 2.45) is 0 Å². The number of aromatic nitrogens is 1. The third-order valence-corrected chi connectivity index (χ3v) is 5.87. The number of phenols is 1. The fourth-order valence-electron chi connectivity index (χ4n) is 3.80. The van der Waals surface area contributed by atoms with Crippen LogP contribution in [-0.4, -0.2) is 27.5 Å². The number of barbiturate groups is 1. The molecule has 8 heteroatoms. The number of carbonyl (C=O) groups excluding carboxylic acids is 3. The number of nitrogens with zero attached hydrogens (tertiary/aromatic N) is 2. The zero-order chi connectivity index (χ0) is 23.2. The Hall–Kier alpha value is -3.84. The monoisotopic (exact) mass is 449 g/mol. The van der Waals surface area contributed by atoms with Gasteiger partial charge in [-0.15, -0.1) is 0 Å². The van der Waals surface area contributed by atoms with Gasteiger partial charge in [0.15, 0.2) is 0 Å². The average Bonchev–Trinajstić information content (AvgIpc) is 3.02. The van der Waals surface area contributed by atoms with Crippen LogP contribution in [0.1, 0.15) is 22.5 Å². The van der Waals surface area contributed by atoms with Gasteiger partial charge in [-0.2, -0.15) is 0 Å². The number of benzene rings is 2. The zero-order valence-electron chi connectivity index (χ0n) is 17.6. The van der Waals surface area contributed by atoms with Gasteiger partial charge in [0.25, 0.3) is 11.8 Å². The van der Waals surface area contributed by atoms with Gasteiger partial charge in [-0.3, -0.25) is 14.9 Å². The van der Waals surface area contributed by atoms with Crippen LogP contribution in [-0.2, 0) is 9.59 Å². The molecule has 0 radical (unpaired) electrons. The highest BCUT2D eigenvalue weighted by Crippen LogP contribution is 2.30. The molecule has 1 saturated heterocycles. The van der Waals surface area contributed by atoms with Gasteiger partial charge < -0.3 is 9.67 Å². The van der Waals surface area contributed by atoms with E-state index < -0.39 is 17.8 Å². The Kier molecular flexibility index (Phi) is 5.36. The Bertz CT molecular complexity index is 1310. The van der Waals surface area contributed by atoms with Gasteiger partial charge in [0, 0.05) is 22.1 Å². The third kappa shape index (κ3) is 3.56. The lowest BCUT2D eigenvalue weighted by Crippen LogP contribution is -2.54. The summed E-state index contributed by atoms with van der Waals surface area (Å²) in [5.74, 6) is -1.33. The molecule has 0 atom stereocenters. The predicted molar refractivity (Wildman–Crippen MR) is 122 cm³/mol. The summed E-state index contributed by atoms with van der Waals surface area (Å²) in [6.07, 6.45) is 1.48. The van der Waals surface area contributed by atoms with Gasteiger partial charge in [0.2, 0.25) is 0 Å². The molecule has 2 N–H and O–H groups in total. The number of aryl methyl sites for hydroxylation is 1. The number of aromatic hydroxyl groups is 1. The van der Waals surface area contributed by atoms with Gasteiger partial charge in [0.1, 0.15) is 11.3 Å². The molecule has 162 valence electrons. The first-order valence-electron chi connectivity index (χ1n) is 9.84. The number of amides is 4. The van der Waals surface area contributed by atoms with Crippen molar-refractivity contribution in [3.05, 3.63) is 81.6 Å². The summed E-state index contributed by atoms with van der Waals surface area (Å²) in [7, 11) is 0. The van der Waals surface area contributed by atoms with Crippen molar-refractivity contribution in [2.45, 2.75) is 20.8 Å². The molecule has 7 nitrogen and oxygen atoms in total. The van der Waals surface area contributed by atoms with Crippen molar-refractivity contribution in [3.8, 4) is 11.4 Å². The quantitative estimate of drug-likeness (QED) is 0.457. The summed E-state index contributed by atoms with van der Waals surface area (Å²) in [6.45, 7) is 5.46. The minimum absolute atomic E-state index is 0.157. The lowest BCUT2D eigenvalue weighted by molar-refractivity contribution is -0.122. The summed E-state index contributed by atoms with van der Waals surface area (Å²) in [6, 6.07) is 12.6. The van der Waals surface area contributed by atoms with Crippen molar-refractivity contribution in [2.75, 3.05) is 4.90 Å². The lowest BCUT2D eigenvalue weighted by atomic mass is 10.1. The van der Waals surface area contributed by atoms with E-state index in [2.05, 4.69) is 5.32 Å². The number of phenolic OH excluding ortho intramolecular Hbond substituents is 1.